The lowest BCUT2D eigenvalue weighted by Crippen LogP contribution is -2.33. The fourth-order valence-electron chi connectivity index (χ4n) is 3.22. The summed E-state index contributed by atoms with van der Waals surface area (Å²) >= 11 is 3.91. The Morgan fingerprint density at radius 1 is 1.38 bits per heavy atom. The average molecular weight is 419 g/mol. The maximum Gasteiger partial charge on any atom is 0.201 e. The summed E-state index contributed by atoms with van der Waals surface area (Å²) in [5.41, 5.74) is 7.69. The Kier molecular flexibility index (Phi) is 4.36. The first-order chi connectivity index (χ1) is 10.0. The van der Waals surface area contributed by atoms with Crippen LogP contribution in [0, 0.1) is 9.39 Å². The molecule has 3 rings (SSSR count). The fourth-order valence-corrected chi connectivity index (χ4v) is 4.62. The summed E-state index contributed by atoms with van der Waals surface area (Å²) in [4.78, 5) is 4.41. The van der Waals surface area contributed by atoms with Gasteiger partial charge in [-0.3, -0.25) is 0 Å². The molecule has 1 saturated carbocycles. The van der Waals surface area contributed by atoms with Crippen molar-refractivity contribution >= 4 is 51.3 Å². The molecule has 1 aromatic heterocycles. The first-order valence-electron chi connectivity index (χ1n) is 7.21. The van der Waals surface area contributed by atoms with Crippen molar-refractivity contribution in [2.24, 2.45) is 0 Å². The summed E-state index contributed by atoms with van der Waals surface area (Å²) in [5, 5.41) is 0. The van der Waals surface area contributed by atoms with E-state index in [4.69, 9.17) is 5.73 Å². The number of aromatic nitrogens is 2. The van der Waals surface area contributed by atoms with E-state index >= 15 is 0 Å². The summed E-state index contributed by atoms with van der Waals surface area (Å²) in [6.45, 7) is 0.816. The number of imidazole rings is 1. The maximum absolute atomic E-state index is 13.9. The van der Waals surface area contributed by atoms with Gasteiger partial charge in [-0.25, -0.2) is 9.37 Å². The van der Waals surface area contributed by atoms with Crippen LogP contribution in [0.5, 0.6) is 0 Å². The number of nitrogen functional groups attached to an aromatic ring is 1. The summed E-state index contributed by atoms with van der Waals surface area (Å²) in [5.74, 6) is 0.288. The van der Waals surface area contributed by atoms with E-state index in [0.717, 1.165) is 17.6 Å². The number of fused-ring (bicyclic) bond motifs is 1. The minimum Gasteiger partial charge on any atom is -0.369 e. The molecule has 0 spiro atoms. The molecular weight excluding hydrogens is 400 g/mol. The lowest BCUT2D eigenvalue weighted by molar-refractivity contribution is 0.363. The highest BCUT2D eigenvalue weighted by molar-refractivity contribution is 14.1. The number of thioether (sulfide) groups is 1. The predicted molar refractivity (Wildman–Crippen MR) is 96.2 cm³/mol. The van der Waals surface area contributed by atoms with Crippen LogP contribution in [-0.2, 0) is 6.54 Å². The van der Waals surface area contributed by atoms with E-state index in [1.165, 1.54) is 32.1 Å². The first kappa shape index (κ1) is 15.4. The van der Waals surface area contributed by atoms with E-state index in [2.05, 4.69) is 11.2 Å². The number of hydrogen-bond donors (Lipinski definition) is 1. The second kappa shape index (κ2) is 5.95. The second-order valence-corrected chi connectivity index (χ2v) is 8.20. The smallest absolute Gasteiger partial charge is 0.201 e. The molecule has 0 amide bonds. The summed E-state index contributed by atoms with van der Waals surface area (Å²) in [6, 6.07) is 3.34. The highest BCUT2D eigenvalue weighted by Gasteiger charge is 2.32. The van der Waals surface area contributed by atoms with Crippen molar-refractivity contribution in [2.45, 2.75) is 43.4 Å². The third-order valence-corrected chi connectivity index (χ3v) is 6.69. The molecule has 6 heteroatoms. The van der Waals surface area contributed by atoms with Gasteiger partial charge in [0, 0.05) is 17.4 Å². The van der Waals surface area contributed by atoms with Gasteiger partial charge in [0.25, 0.3) is 0 Å². The summed E-state index contributed by atoms with van der Waals surface area (Å²) < 4.78 is 16.7. The molecule has 1 fully saturated rings. The van der Waals surface area contributed by atoms with E-state index in [1.54, 1.807) is 12.1 Å². The Balaban J connectivity index is 2.03. The third-order valence-electron chi connectivity index (χ3n) is 4.46. The van der Waals surface area contributed by atoms with Gasteiger partial charge in [0.2, 0.25) is 5.95 Å². The molecule has 114 valence electrons. The van der Waals surface area contributed by atoms with Gasteiger partial charge in [0.1, 0.15) is 5.82 Å². The normalized spacial score (nSPS) is 18.2. The average Bonchev–Trinajstić information content (AvgIpc) is 2.76. The van der Waals surface area contributed by atoms with Gasteiger partial charge < -0.3 is 10.3 Å². The Labute approximate surface area is 142 Å². The molecule has 3 nitrogen and oxygen atoms in total. The maximum atomic E-state index is 13.9. The van der Waals surface area contributed by atoms with Crippen LogP contribution < -0.4 is 5.73 Å². The van der Waals surface area contributed by atoms with Crippen LogP contribution in [0.2, 0.25) is 0 Å². The van der Waals surface area contributed by atoms with Crippen LogP contribution >= 0.6 is 34.4 Å². The van der Waals surface area contributed by atoms with Crippen molar-refractivity contribution < 1.29 is 4.39 Å². The molecule has 21 heavy (non-hydrogen) atoms. The lowest BCUT2D eigenvalue weighted by Gasteiger charge is -2.36. The van der Waals surface area contributed by atoms with E-state index < -0.39 is 0 Å². The number of nitrogens with zero attached hydrogens (tertiary/aromatic N) is 2. The Hall–Kier alpha value is -0.500. The Morgan fingerprint density at radius 2 is 2.10 bits per heavy atom. The number of rotatable bonds is 3. The molecule has 2 N–H and O–H groups in total. The van der Waals surface area contributed by atoms with Crippen LogP contribution in [0.25, 0.3) is 11.0 Å². The molecule has 1 aromatic carbocycles. The topological polar surface area (TPSA) is 43.8 Å². The van der Waals surface area contributed by atoms with Crippen molar-refractivity contribution in [3.63, 3.8) is 0 Å². The minimum absolute atomic E-state index is 0.203. The van der Waals surface area contributed by atoms with Gasteiger partial charge >= 0.3 is 0 Å². The molecule has 0 radical (unpaired) electrons. The molecule has 1 aliphatic carbocycles. The Morgan fingerprint density at radius 3 is 2.76 bits per heavy atom. The van der Waals surface area contributed by atoms with Gasteiger partial charge in [-0.2, -0.15) is 11.8 Å². The van der Waals surface area contributed by atoms with Gasteiger partial charge in [-0.15, -0.1) is 0 Å². The van der Waals surface area contributed by atoms with Gasteiger partial charge in [-0.1, -0.05) is 19.3 Å². The first-order valence-corrected chi connectivity index (χ1v) is 9.51. The van der Waals surface area contributed by atoms with Crippen LogP contribution in [-0.4, -0.2) is 20.6 Å². The summed E-state index contributed by atoms with van der Waals surface area (Å²) in [7, 11) is 0. The molecule has 0 bridgehead atoms. The van der Waals surface area contributed by atoms with Crippen LogP contribution in [0.15, 0.2) is 12.1 Å². The number of halogens is 2. The highest BCUT2D eigenvalue weighted by Crippen LogP contribution is 2.41. The minimum atomic E-state index is -0.203. The second-order valence-electron chi connectivity index (χ2n) is 5.76. The van der Waals surface area contributed by atoms with Gasteiger partial charge in [0.15, 0.2) is 0 Å². The molecule has 1 aliphatic rings. The van der Waals surface area contributed by atoms with Crippen LogP contribution in [0.1, 0.15) is 32.1 Å². The largest absolute Gasteiger partial charge is 0.369 e. The molecular formula is C15H19FIN3S. The molecule has 0 aliphatic heterocycles. The van der Waals surface area contributed by atoms with E-state index in [9.17, 15) is 4.39 Å². The number of hydrogen-bond acceptors (Lipinski definition) is 3. The van der Waals surface area contributed by atoms with Crippen LogP contribution in [0.3, 0.4) is 0 Å². The number of nitrogens with two attached hydrogens (primary N) is 1. The molecule has 1 heterocycles. The predicted octanol–water partition coefficient (Wildman–Crippen LogP) is 4.43. The van der Waals surface area contributed by atoms with E-state index in [1.807, 2.05) is 38.9 Å². The molecule has 2 aromatic rings. The van der Waals surface area contributed by atoms with E-state index in [0.29, 0.717) is 9.52 Å². The third kappa shape index (κ3) is 2.88. The zero-order valence-corrected chi connectivity index (χ0v) is 15.0. The van der Waals surface area contributed by atoms with E-state index in [-0.39, 0.29) is 10.6 Å². The quantitative estimate of drug-likeness (QED) is 0.749. The van der Waals surface area contributed by atoms with Crippen molar-refractivity contribution in [1.29, 1.82) is 0 Å². The number of benzene rings is 1. The summed E-state index contributed by atoms with van der Waals surface area (Å²) in [6.07, 6.45) is 8.40. The van der Waals surface area contributed by atoms with Crippen molar-refractivity contribution in [3.05, 3.63) is 21.5 Å². The zero-order valence-electron chi connectivity index (χ0n) is 12.0. The van der Waals surface area contributed by atoms with Gasteiger partial charge in [-0.05, 0) is 47.8 Å². The van der Waals surface area contributed by atoms with Crippen molar-refractivity contribution in [3.8, 4) is 0 Å². The standard InChI is InChI=1S/C15H19FIN3S/c1-21-15(5-3-2-4-6-15)9-20-13-7-10(16)11(17)8-12(13)19-14(20)18/h7-8H,2-6,9H2,1H3,(H2,18,19). The van der Waals surface area contributed by atoms with Gasteiger partial charge in [0.05, 0.1) is 14.6 Å². The fraction of sp³-hybridized carbons (Fsp3) is 0.533. The monoisotopic (exact) mass is 419 g/mol. The van der Waals surface area contributed by atoms with Crippen molar-refractivity contribution in [1.82, 2.24) is 9.55 Å². The van der Waals surface area contributed by atoms with Crippen LogP contribution in [0.4, 0.5) is 10.3 Å². The zero-order chi connectivity index (χ0) is 15.0. The Bertz CT molecular complexity index is 664. The molecule has 0 atom stereocenters. The number of anilines is 1. The molecule has 0 saturated heterocycles. The molecule has 0 unspecified atom stereocenters. The lowest BCUT2D eigenvalue weighted by atomic mass is 9.88. The SMILES string of the molecule is CSC1(Cn2c(N)nc3cc(I)c(F)cc32)CCCCC1. The highest BCUT2D eigenvalue weighted by atomic mass is 127. The van der Waals surface area contributed by atoms with Crippen molar-refractivity contribution in [2.75, 3.05) is 12.0 Å².